The van der Waals surface area contributed by atoms with Gasteiger partial charge in [-0.15, -0.1) is 0 Å². The van der Waals surface area contributed by atoms with Crippen LogP contribution in [0.5, 0.6) is 0 Å². The van der Waals surface area contributed by atoms with Crippen molar-refractivity contribution in [3.05, 3.63) is 46.9 Å². The van der Waals surface area contributed by atoms with Gasteiger partial charge in [0, 0.05) is 12.7 Å². The molecule has 1 aliphatic heterocycles. The predicted molar refractivity (Wildman–Crippen MR) is 82.7 cm³/mol. The van der Waals surface area contributed by atoms with Gasteiger partial charge in [-0.2, -0.15) is 0 Å². The average Bonchev–Trinajstić information content (AvgIpc) is 2.58. The summed E-state index contributed by atoms with van der Waals surface area (Å²) in [5, 5.41) is 0.388. The normalized spacial score (nSPS) is 14.9. The molecule has 0 fully saturated rings. The number of amides is 1. The highest BCUT2D eigenvalue weighted by molar-refractivity contribution is 6.30. The summed E-state index contributed by atoms with van der Waals surface area (Å²) in [7, 11) is 1.83. The highest BCUT2D eigenvalue weighted by atomic mass is 35.5. The van der Waals surface area contributed by atoms with E-state index >= 15 is 0 Å². The molecule has 1 amide bonds. The SMILES string of the molecule is Cc1ccc(N2Cc3c(Cl)ncnc3N(C)CC2=O)cc1. The van der Waals surface area contributed by atoms with E-state index in [-0.39, 0.29) is 12.5 Å². The first-order valence-corrected chi connectivity index (χ1v) is 7.01. The van der Waals surface area contributed by atoms with Gasteiger partial charge in [0.15, 0.2) is 0 Å². The Bertz CT molecular complexity index is 687. The Balaban J connectivity index is 2.05. The Morgan fingerprint density at radius 1 is 1.14 bits per heavy atom. The molecule has 2 aromatic rings. The highest BCUT2D eigenvalue weighted by Crippen LogP contribution is 2.29. The van der Waals surface area contributed by atoms with Gasteiger partial charge in [0.1, 0.15) is 17.3 Å². The molecular weight excluding hydrogens is 288 g/mol. The summed E-state index contributed by atoms with van der Waals surface area (Å²) in [5.41, 5.74) is 2.78. The highest BCUT2D eigenvalue weighted by Gasteiger charge is 2.27. The zero-order valence-corrected chi connectivity index (χ0v) is 12.6. The summed E-state index contributed by atoms with van der Waals surface area (Å²) in [6, 6.07) is 7.86. The third-order valence-electron chi connectivity index (χ3n) is 3.57. The molecule has 0 radical (unpaired) electrons. The van der Waals surface area contributed by atoms with Crippen molar-refractivity contribution < 1.29 is 4.79 Å². The van der Waals surface area contributed by atoms with Crippen molar-refractivity contribution in [3.8, 4) is 0 Å². The largest absolute Gasteiger partial charge is 0.350 e. The second-order valence-corrected chi connectivity index (χ2v) is 5.50. The van der Waals surface area contributed by atoms with Crippen LogP contribution in [0.4, 0.5) is 11.5 Å². The first kappa shape index (κ1) is 13.8. The van der Waals surface area contributed by atoms with E-state index in [1.165, 1.54) is 6.33 Å². The molecule has 0 spiro atoms. The number of hydrogen-bond donors (Lipinski definition) is 0. The second kappa shape index (κ2) is 5.33. The fraction of sp³-hybridized carbons (Fsp3) is 0.267. The molecular formula is C15H15ClN4O. The number of likely N-dealkylation sites (N-methyl/N-ethyl adjacent to an activating group) is 1. The standard InChI is InChI=1S/C15H15ClN4O/c1-10-3-5-11(6-4-10)20-7-12-14(16)17-9-18-15(12)19(2)8-13(20)21/h3-6,9H,7-8H2,1-2H3. The van der Waals surface area contributed by atoms with Crippen LogP contribution in [0.1, 0.15) is 11.1 Å². The van der Waals surface area contributed by atoms with Gasteiger partial charge in [-0.25, -0.2) is 9.97 Å². The van der Waals surface area contributed by atoms with Crippen molar-refractivity contribution in [2.24, 2.45) is 0 Å². The van der Waals surface area contributed by atoms with Gasteiger partial charge in [-0.05, 0) is 19.1 Å². The Labute approximate surface area is 128 Å². The Kier molecular flexibility index (Phi) is 3.51. The lowest BCUT2D eigenvalue weighted by atomic mass is 10.2. The predicted octanol–water partition coefficient (Wildman–Crippen LogP) is 2.42. The zero-order valence-electron chi connectivity index (χ0n) is 11.9. The monoisotopic (exact) mass is 302 g/mol. The second-order valence-electron chi connectivity index (χ2n) is 5.14. The lowest BCUT2D eigenvalue weighted by Crippen LogP contribution is -2.35. The van der Waals surface area contributed by atoms with E-state index in [2.05, 4.69) is 9.97 Å². The van der Waals surface area contributed by atoms with Crippen molar-refractivity contribution in [3.63, 3.8) is 0 Å². The number of fused-ring (bicyclic) bond motifs is 1. The summed E-state index contributed by atoms with van der Waals surface area (Å²) >= 11 is 6.19. The number of aromatic nitrogens is 2. The van der Waals surface area contributed by atoms with Crippen LogP contribution >= 0.6 is 11.6 Å². The maximum Gasteiger partial charge on any atom is 0.246 e. The molecule has 0 bridgehead atoms. The minimum absolute atomic E-state index is 0.00965. The minimum atomic E-state index is 0.00965. The van der Waals surface area contributed by atoms with Gasteiger partial charge < -0.3 is 9.80 Å². The number of halogens is 1. The van der Waals surface area contributed by atoms with Gasteiger partial charge >= 0.3 is 0 Å². The van der Waals surface area contributed by atoms with Gasteiger partial charge in [-0.3, -0.25) is 4.79 Å². The quantitative estimate of drug-likeness (QED) is 0.759. The number of nitrogens with zero attached hydrogens (tertiary/aromatic N) is 4. The number of aryl methyl sites for hydroxylation is 1. The molecule has 0 aliphatic carbocycles. The molecule has 2 heterocycles. The van der Waals surface area contributed by atoms with Gasteiger partial charge in [0.05, 0.1) is 18.7 Å². The number of carbonyl (C=O) groups is 1. The first-order chi connectivity index (χ1) is 10.1. The number of benzene rings is 1. The summed E-state index contributed by atoms with van der Waals surface area (Å²) in [5.74, 6) is 0.716. The van der Waals surface area contributed by atoms with Crippen LogP contribution in [0.2, 0.25) is 5.15 Å². The number of anilines is 2. The van der Waals surface area contributed by atoms with E-state index in [1.807, 2.05) is 38.2 Å². The molecule has 0 saturated carbocycles. The Morgan fingerprint density at radius 3 is 2.57 bits per heavy atom. The lowest BCUT2D eigenvalue weighted by Gasteiger charge is -2.21. The molecule has 108 valence electrons. The topological polar surface area (TPSA) is 49.3 Å². The third kappa shape index (κ3) is 2.56. The van der Waals surface area contributed by atoms with E-state index in [1.54, 1.807) is 9.80 Å². The molecule has 3 rings (SSSR count). The van der Waals surface area contributed by atoms with E-state index < -0.39 is 0 Å². The van der Waals surface area contributed by atoms with E-state index in [9.17, 15) is 4.79 Å². The van der Waals surface area contributed by atoms with E-state index in [0.29, 0.717) is 17.5 Å². The molecule has 1 aromatic carbocycles. The maximum absolute atomic E-state index is 12.5. The van der Waals surface area contributed by atoms with Crippen molar-refractivity contribution >= 4 is 29.0 Å². The van der Waals surface area contributed by atoms with Gasteiger partial charge in [-0.1, -0.05) is 29.3 Å². The van der Waals surface area contributed by atoms with Crippen LogP contribution in [-0.2, 0) is 11.3 Å². The van der Waals surface area contributed by atoms with Crippen LogP contribution in [0.25, 0.3) is 0 Å². The van der Waals surface area contributed by atoms with Crippen molar-refractivity contribution in [2.45, 2.75) is 13.5 Å². The van der Waals surface area contributed by atoms with E-state index in [4.69, 9.17) is 11.6 Å². The number of rotatable bonds is 1. The van der Waals surface area contributed by atoms with Gasteiger partial charge in [0.25, 0.3) is 0 Å². The van der Waals surface area contributed by atoms with Gasteiger partial charge in [0.2, 0.25) is 5.91 Å². The number of carbonyl (C=O) groups excluding carboxylic acids is 1. The molecule has 1 aromatic heterocycles. The molecule has 5 nitrogen and oxygen atoms in total. The minimum Gasteiger partial charge on any atom is -0.350 e. The number of hydrogen-bond acceptors (Lipinski definition) is 4. The van der Waals surface area contributed by atoms with Crippen LogP contribution in [0.3, 0.4) is 0 Å². The fourth-order valence-electron chi connectivity index (χ4n) is 2.42. The maximum atomic E-state index is 12.5. The molecule has 0 N–H and O–H groups in total. The average molecular weight is 303 g/mol. The molecule has 0 atom stereocenters. The smallest absolute Gasteiger partial charge is 0.246 e. The molecule has 0 unspecified atom stereocenters. The molecule has 1 aliphatic rings. The van der Waals surface area contributed by atoms with E-state index in [0.717, 1.165) is 16.8 Å². The Hall–Kier alpha value is -2.14. The van der Waals surface area contributed by atoms with Crippen molar-refractivity contribution in [2.75, 3.05) is 23.4 Å². The fourth-order valence-corrected chi connectivity index (χ4v) is 2.60. The van der Waals surface area contributed by atoms with Crippen molar-refractivity contribution in [1.29, 1.82) is 0 Å². The zero-order chi connectivity index (χ0) is 15.0. The summed E-state index contributed by atoms with van der Waals surface area (Å²) in [6.07, 6.45) is 1.42. The summed E-state index contributed by atoms with van der Waals surface area (Å²) in [6.45, 7) is 2.65. The third-order valence-corrected chi connectivity index (χ3v) is 3.89. The molecule has 21 heavy (non-hydrogen) atoms. The molecule has 6 heteroatoms. The van der Waals surface area contributed by atoms with Crippen LogP contribution in [0, 0.1) is 6.92 Å². The van der Waals surface area contributed by atoms with Crippen LogP contribution in [-0.4, -0.2) is 29.5 Å². The van der Waals surface area contributed by atoms with Crippen LogP contribution in [0.15, 0.2) is 30.6 Å². The van der Waals surface area contributed by atoms with Crippen molar-refractivity contribution in [1.82, 2.24) is 9.97 Å². The summed E-state index contributed by atoms with van der Waals surface area (Å²) in [4.78, 5) is 24.3. The van der Waals surface area contributed by atoms with Crippen LogP contribution < -0.4 is 9.80 Å². The summed E-state index contributed by atoms with van der Waals surface area (Å²) < 4.78 is 0. The first-order valence-electron chi connectivity index (χ1n) is 6.64. The lowest BCUT2D eigenvalue weighted by molar-refractivity contribution is -0.117. The Morgan fingerprint density at radius 2 is 1.86 bits per heavy atom. The molecule has 0 saturated heterocycles.